The van der Waals surface area contributed by atoms with E-state index in [1.165, 1.54) is 11.8 Å². The van der Waals surface area contributed by atoms with Crippen molar-refractivity contribution in [2.75, 3.05) is 7.11 Å². The number of rotatable bonds is 7. The predicted octanol–water partition coefficient (Wildman–Crippen LogP) is 4.60. The lowest BCUT2D eigenvalue weighted by Gasteiger charge is -2.07. The van der Waals surface area contributed by atoms with Crippen molar-refractivity contribution < 1.29 is 13.9 Å². The molecule has 0 aliphatic heterocycles. The van der Waals surface area contributed by atoms with E-state index in [0.717, 1.165) is 10.6 Å². The highest BCUT2D eigenvalue weighted by atomic mass is 35.5. The van der Waals surface area contributed by atoms with Gasteiger partial charge in [-0.3, -0.25) is 0 Å². The summed E-state index contributed by atoms with van der Waals surface area (Å²) in [4.78, 5) is 0. The number of benzene rings is 2. The van der Waals surface area contributed by atoms with Crippen molar-refractivity contribution >= 4 is 23.4 Å². The number of hydrogen-bond acceptors (Lipinski definition) is 6. The van der Waals surface area contributed by atoms with Gasteiger partial charge in [-0.05, 0) is 23.8 Å². The van der Waals surface area contributed by atoms with Gasteiger partial charge in [0.2, 0.25) is 0 Å². The average Bonchev–Trinajstić information content (AvgIpc) is 3.07. The lowest BCUT2D eigenvalue weighted by molar-refractivity contribution is 0.241. The Kier molecular flexibility index (Phi) is 5.61. The standard InChI is InChI=1S/C17H15ClN2O3S/c1-21-14-8-4-5-9-15(14)22-10-16-19-20-17(23-16)24-11-12-6-2-3-7-13(12)18/h2-9H,10-11H2,1H3. The molecule has 0 N–H and O–H groups in total. The summed E-state index contributed by atoms with van der Waals surface area (Å²) < 4.78 is 16.5. The van der Waals surface area contributed by atoms with E-state index >= 15 is 0 Å². The second kappa shape index (κ2) is 8.08. The molecule has 0 aliphatic rings. The van der Waals surface area contributed by atoms with Gasteiger partial charge in [-0.25, -0.2) is 0 Å². The van der Waals surface area contributed by atoms with Crippen LogP contribution < -0.4 is 9.47 Å². The molecule has 3 aromatic rings. The number of nitrogens with zero attached hydrogens (tertiary/aromatic N) is 2. The Morgan fingerprint density at radius 2 is 1.79 bits per heavy atom. The zero-order valence-corrected chi connectivity index (χ0v) is 14.5. The summed E-state index contributed by atoms with van der Waals surface area (Å²) >= 11 is 7.56. The molecule has 0 saturated carbocycles. The smallest absolute Gasteiger partial charge is 0.277 e. The molecule has 5 nitrogen and oxygen atoms in total. The van der Waals surface area contributed by atoms with Crippen molar-refractivity contribution in [1.29, 1.82) is 0 Å². The van der Waals surface area contributed by atoms with E-state index in [1.54, 1.807) is 7.11 Å². The molecule has 1 heterocycles. The molecule has 0 atom stereocenters. The first-order valence-corrected chi connectivity index (χ1v) is 8.57. The van der Waals surface area contributed by atoms with Gasteiger partial charge in [0.25, 0.3) is 11.1 Å². The van der Waals surface area contributed by atoms with Gasteiger partial charge in [0, 0.05) is 10.8 Å². The van der Waals surface area contributed by atoms with E-state index < -0.39 is 0 Å². The number of ether oxygens (including phenoxy) is 2. The molecular formula is C17H15ClN2O3S. The SMILES string of the molecule is COc1ccccc1OCc1nnc(SCc2ccccc2Cl)o1. The first-order valence-electron chi connectivity index (χ1n) is 7.20. The van der Waals surface area contributed by atoms with Gasteiger partial charge < -0.3 is 13.9 Å². The summed E-state index contributed by atoms with van der Waals surface area (Å²) in [5.74, 6) is 2.35. The summed E-state index contributed by atoms with van der Waals surface area (Å²) in [5, 5.41) is 9.20. The van der Waals surface area contributed by atoms with Gasteiger partial charge >= 0.3 is 0 Å². The molecule has 0 radical (unpaired) electrons. The Labute approximate surface area is 148 Å². The van der Waals surface area contributed by atoms with E-state index in [1.807, 2.05) is 48.5 Å². The van der Waals surface area contributed by atoms with Gasteiger partial charge in [-0.15, -0.1) is 10.2 Å². The molecule has 7 heteroatoms. The van der Waals surface area contributed by atoms with Crippen LogP contribution in [0.3, 0.4) is 0 Å². The largest absolute Gasteiger partial charge is 0.493 e. The van der Waals surface area contributed by atoms with Crippen LogP contribution in [0.25, 0.3) is 0 Å². The Morgan fingerprint density at radius 3 is 2.58 bits per heavy atom. The van der Waals surface area contributed by atoms with E-state index in [-0.39, 0.29) is 6.61 Å². The summed E-state index contributed by atoms with van der Waals surface area (Å²) in [6.45, 7) is 0.181. The van der Waals surface area contributed by atoms with Crippen molar-refractivity contribution in [3.63, 3.8) is 0 Å². The van der Waals surface area contributed by atoms with Gasteiger partial charge in [0.05, 0.1) is 7.11 Å². The van der Waals surface area contributed by atoms with Crippen LogP contribution in [0.15, 0.2) is 58.2 Å². The van der Waals surface area contributed by atoms with Crippen LogP contribution in [0.2, 0.25) is 5.02 Å². The third-order valence-corrected chi connectivity index (χ3v) is 4.41. The van der Waals surface area contributed by atoms with Crippen LogP contribution in [0, 0.1) is 0 Å². The van der Waals surface area contributed by atoms with E-state index in [9.17, 15) is 0 Å². The Bertz CT molecular complexity index is 810. The maximum Gasteiger partial charge on any atom is 0.277 e. The number of thioether (sulfide) groups is 1. The molecule has 0 aliphatic carbocycles. The number of methoxy groups -OCH3 is 1. The van der Waals surface area contributed by atoms with Crippen LogP contribution in [0.1, 0.15) is 11.5 Å². The van der Waals surface area contributed by atoms with Crippen molar-refractivity contribution in [3.05, 3.63) is 65.0 Å². The third kappa shape index (κ3) is 4.21. The molecule has 0 saturated heterocycles. The maximum atomic E-state index is 6.13. The molecule has 1 aromatic heterocycles. The average molecular weight is 363 g/mol. The quantitative estimate of drug-likeness (QED) is 0.572. The van der Waals surface area contributed by atoms with E-state index in [4.69, 9.17) is 25.5 Å². The number of halogens is 1. The van der Waals surface area contributed by atoms with Crippen LogP contribution in [0.5, 0.6) is 11.5 Å². The van der Waals surface area contributed by atoms with Gasteiger partial charge in [-0.1, -0.05) is 53.7 Å². The molecule has 24 heavy (non-hydrogen) atoms. The van der Waals surface area contributed by atoms with Crippen LogP contribution >= 0.6 is 23.4 Å². The van der Waals surface area contributed by atoms with Crippen LogP contribution in [-0.4, -0.2) is 17.3 Å². The summed E-state index contributed by atoms with van der Waals surface area (Å²) in [7, 11) is 1.60. The third-order valence-electron chi connectivity index (χ3n) is 3.18. The lowest BCUT2D eigenvalue weighted by Crippen LogP contribution is -1.97. The topological polar surface area (TPSA) is 57.4 Å². The van der Waals surface area contributed by atoms with Gasteiger partial charge in [0.1, 0.15) is 0 Å². The normalized spacial score (nSPS) is 10.6. The van der Waals surface area contributed by atoms with Gasteiger partial charge in [0.15, 0.2) is 18.1 Å². The minimum Gasteiger partial charge on any atom is -0.493 e. The molecule has 0 fully saturated rings. The molecule has 124 valence electrons. The molecule has 0 spiro atoms. The monoisotopic (exact) mass is 362 g/mol. The second-order valence-electron chi connectivity index (χ2n) is 4.78. The zero-order valence-electron chi connectivity index (χ0n) is 12.9. The van der Waals surface area contributed by atoms with Crippen molar-refractivity contribution in [3.8, 4) is 11.5 Å². The highest BCUT2D eigenvalue weighted by Crippen LogP contribution is 2.28. The minimum absolute atomic E-state index is 0.181. The van der Waals surface area contributed by atoms with Crippen molar-refractivity contribution in [1.82, 2.24) is 10.2 Å². The van der Waals surface area contributed by atoms with Gasteiger partial charge in [-0.2, -0.15) is 0 Å². The number of para-hydroxylation sites is 2. The Balaban J connectivity index is 1.57. The molecule has 0 bridgehead atoms. The molecule has 0 amide bonds. The summed E-state index contributed by atoms with van der Waals surface area (Å²) in [5.41, 5.74) is 1.02. The fraction of sp³-hybridized carbons (Fsp3) is 0.176. The fourth-order valence-electron chi connectivity index (χ4n) is 1.99. The first kappa shape index (κ1) is 16.7. The van der Waals surface area contributed by atoms with E-state index in [0.29, 0.717) is 28.4 Å². The molecule has 0 unspecified atom stereocenters. The molecule has 3 rings (SSSR count). The molecular weight excluding hydrogens is 348 g/mol. The number of aromatic nitrogens is 2. The predicted molar refractivity (Wildman–Crippen MR) is 92.6 cm³/mol. The van der Waals surface area contributed by atoms with E-state index in [2.05, 4.69) is 10.2 Å². The summed E-state index contributed by atoms with van der Waals surface area (Å²) in [6.07, 6.45) is 0. The van der Waals surface area contributed by atoms with Crippen LogP contribution in [0.4, 0.5) is 0 Å². The first-order chi connectivity index (χ1) is 11.8. The lowest BCUT2D eigenvalue weighted by atomic mass is 10.2. The zero-order chi connectivity index (χ0) is 16.8. The van der Waals surface area contributed by atoms with Crippen molar-refractivity contribution in [2.45, 2.75) is 17.6 Å². The fourth-order valence-corrected chi connectivity index (χ4v) is 3.05. The Hall–Kier alpha value is -2.18. The highest BCUT2D eigenvalue weighted by Gasteiger charge is 2.10. The Morgan fingerprint density at radius 1 is 1.04 bits per heavy atom. The minimum atomic E-state index is 0.181. The van der Waals surface area contributed by atoms with Crippen molar-refractivity contribution in [2.24, 2.45) is 0 Å². The highest BCUT2D eigenvalue weighted by molar-refractivity contribution is 7.98. The number of hydrogen-bond donors (Lipinski definition) is 0. The maximum absolute atomic E-state index is 6.13. The van der Waals surface area contributed by atoms with Crippen LogP contribution in [-0.2, 0) is 12.4 Å². The molecule has 2 aromatic carbocycles. The summed E-state index contributed by atoms with van der Waals surface area (Å²) in [6, 6.07) is 15.1. The second-order valence-corrected chi connectivity index (χ2v) is 6.12.